The Labute approximate surface area is 127 Å². The zero-order valence-electron chi connectivity index (χ0n) is 11.9. The Kier molecular flexibility index (Phi) is 3.68. The molecule has 0 bridgehead atoms. The van der Waals surface area contributed by atoms with Gasteiger partial charge in [-0.2, -0.15) is 0 Å². The molecule has 0 aromatic carbocycles. The van der Waals surface area contributed by atoms with E-state index in [0.29, 0.717) is 10.8 Å². The molecule has 1 aliphatic carbocycles. The molecular formula is C12H18N4O3S2. The van der Waals surface area contributed by atoms with Crippen LogP contribution in [0.2, 0.25) is 0 Å². The lowest BCUT2D eigenvalue weighted by molar-refractivity contribution is -0.0659. The van der Waals surface area contributed by atoms with E-state index >= 15 is 0 Å². The maximum Gasteiger partial charge on any atom is 0.260 e. The Morgan fingerprint density at radius 1 is 1.52 bits per heavy atom. The maximum absolute atomic E-state index is 12.6. The lowest BCUT2D eigenvalue weighted by atomic mass is 9.80. The minimum absolute atomic E-state index is 0.145. The van der Waals surface area contributed by atoms with Crippen LogP contribution < -0.4 is 10.0 Å². The molecule has 7 nitrogen and oxygen atoms in total. The lowest BCUT2D eigenvalue weighted by Gasteiger charge is -2.40. The molecule has 2 aromatic heterocycles. The van der Waals surface area contributed by atoms with E-state index in [2.05, 4.69) is 15.0 Å². The topological polar surface area (TPSA) is 84.7 Å². The molecule has 0 spiro atoms. The van der Waals surface area contributed by atoms with Crippen LogP contribution in [0, 0.1) is 0 Å². The summed E-state index contributed by atoms with van der Waals surface area (Å²) in [6.45, 7) is 0.284. The summed E-state index contributed by atoms with van der Waals surface area (Å²) in [4.78, 5) is 4.92. The van der Waals surface area contributed by atoms with Crippen LogP contribution in [0.25, 0.3) is 4.96 Å². The van der Waals surface area contributed by atoms with E-state index in [0.717, 1.165) is 19.3 Å². The molecule has 1 aliphatic rings. The van der Waals surface area contributed by atoms with Gasteiger partial charge in [0.2, 0.25) is 0 Å². The third-order valence-corrected chi connectivity index (χ3v) is 6.17. The van der Waals surface area contributed by atoms with Crippen molar-refractivity contribution in [2.45, 2.75) is 29.9 Å². The molecule has 0 radical (unpaired) electrons. The number of hydrogen-bond donors (Lipinski definition) is 2. The van der Waals surface area contributed by atoms with Crippen LogP contribution in [0.15, 0.2) is 16.6 Å². The molecule has 9 heteroatoms. The van der Waals surface area contributed by atoms with Gasteiger partial charge in [-0.15, -0.1) is 11.3 Å². The lowest BCUT2D eigenvalue weighted by Crippen LogP contribution is -2.49. The third kappa shape index (κ3) is 2.44. The van der Waals surface area contributed by atoms with Crippen molar-refractivity contribution >= 4 is 32.1 Å². The van der Waals surface area contributed by atoms with Crippen LogP contribution in [0.1, 0.15) is 19.3 Å². The highest BCUT2D eigenvalue weighted by Crippen LogP contribution is 2.35. The van der Waals surface area contributed by atoms with Crippen LogP contribution >= 0.6 is 11.3 Å². The van der Waals surface area contributed by atoms with Gasteiger partial charge in [0.15, 0.2) is 15.8 Å². The average molecular weight is 330 g/mol. The second-order valence-corrected chi connectivity index (χ2v) is 7.69. The SMILES string of the molecule is CNc1nc2sccn2c1S(=O)(=O)NCC1(OC)CCC1. The van der Waals surface area contributed by atoms with Gasteiger partial charge in [-0.1, -0.05) is 0 Å². The zero-order chi connectivity index (χ0) is 15.1. The number of aromatic nitrogens is 2. The molecule has 2 aromatic rings. The van der Waals surface area contributed by atoms with E-state index in [-0.39, 0.29) is 17.2 Å². The number of methoxy groups -OCH3 is 1. The first-order chi connectivity index (χ1) is 10.0. The monoisotopic (exact) mass is 330 g/mol. The van der Waals surface area contributed by atoms with E-state index in [9.17, 15) is 8.42 Å². The second kappa shape index (κ2) is 5.24. The molecule has 3 rings (SSSR count). The predicted molar refractivity (Wildman–Crippen MR) is 81.4 cm³/mol. The van der Waals surface area contributed by atoms with Gasteiger partial charge in [0.25, 0.3) is 10.0 Å². The molecule has 21 heavy (non-hydrogen) atoms. The van der Waals surface area contributed by atoms with E-state index in [1.54, 1.807) is 24.8 Å². The average Bonchev–Trinajstić information content (AvgIpc) is 2.96. The second-order valence-electron chi connectivity index (χ2n) is 5.14. The largest absolute Gasteiger partial charge is 0.377 e. The van der Waals surface area contributed by atoms with Gasteiger partial charge in [-0.3, -0.25) is 4.40 Å². The number of thiazole rings is 1. The molecule has 0 atom stereocenters. The van der Waals surface area contributed by atoms with Crippen molar-refractivity contribution in [2.75, 3.05) is 26.0 Å². The van der Waals surface area contributed by atoms with Crippen molar-refractivity contribution < 1.29 is 13.2 Å². The Morgan fingerprint density at radius 3 is 2.86 bits per heavy atom. The molecule has 0 unspecified atom stereocenters. The van der Waals surface area contributed by atoms with E-state index in [4.69, 9.17) is 4.74 Å². The standard InChI is InChI=1S/C12H18N4O3S2/c1-13-9-10(16-6-7-20-11(16)15-9)21(17,18)14-8-12(19-2)4-3-5-12/h6-7,13-14H,3-5,8H2,1-2H3. The summed E-state index contributed by atoms with van der Waals surface area (Å²) < 4.78 is 34.9. The summed E-state index contributed by atoms with van der Waals surface area (Å²) in [5.74, 6) is 0.356. The number of nitrogens with zero attached hydrogens (tertiary/aromatic N) is 2. The van der Waals surface area contributed by atoms with E-state index in [1.807, 2.05) is 5.38 Å². The summed E-state index contributed by atoms with van der Waals surface area (Å²) in [5.41, 5.74) is -0.356. The van der Waals surface area contributed by atoms with Crippen LogP contribution in [0.3, 0.4) is 0 Å². The van der Waals surface area contributed by atoms with Crippen LogP contribution in [0.4, 0.5) is 5.82 Å². The fourth-order valence-electron chi connectivity index (χ4n) is 2.50. The van der Waals surface area contributed by atoms with Crippen molar-refractivity contribution in [2.24, 2.45) is 0 Å². The minimum Gasteiger partial charge on any atom is -0.377 e. The van der Waals surface area contributed by atoms with Gasteiger partial charge in [-0.05, 0) is 19.3 Å². The van der Waals surface area contributed by atoms with Gasteiger partial charge in [0.05, 0.1) is 5.60 Å². The molecule has 2 N–H and O–H groups in total. The molecule has 1 saturated carbocycles. The Morgan fingerprint density at radius 2 is 2.29 bits per heavy atom. The summed E-state index contributed by atoms with van der Waals surface area (Å²) in [6, 6.07) is 0. The number of ether oxygens (including phenoxy) is 1. The van der Waals surface area contributed by atoms with Gasteiger partial charge in [0, 0.05) is 32.3 Å². The van der Waals surface area contributed by atoms with Gasteiger partial charge in [0.1, 0.15) is 0 Å². The highest BCUT2D eigenvalue weighted by molar-refractivity contribution is 7.89. The Hall–Kier alpha value is -1.16. The Bertz CT molecular complexity index is 740. The molecule has 2 heterocycles. The fourth-order valence-corrected chi connectivity index (χ4v) is 4.67. The smallest absolute Gasteiger partial charge is 0.260 e. The van der Waals surface area contributed by atoms with Gasteiger partial charge in [-0.25, -0.2) is 18.1 Å². The van der Waals surface area contributed by atoms with E-state index < -0.39 is 10.0 Å². The summed E-state index contributed by atoms with van der Waals surface area (Å²) in [5, 5.41) is 4.79. The number of anilines is 1. The third-order valence-electron chi connectivity index (χ3n) is 3.99. The zero-order valence-corrected chi connectivity index (χ0v) is 13.6. The molecule has 0 amide bonds. The van der Waals surface area contributed by atoms with Crippen molar-refractivity contribution in [1.29, 1.82) is 0 Å². The normalized spacial score (nSPS) is 17.8. The number of rotatable bonds is 6. The van der Waals surface area contributed by atoms with Gasteiger partial charge >= 0.3 is 0 Å². The first-order valence-electron chi connectivity index (χ1n) is 6.69. The molecule has 1 fully saturated rings. The van der Waals surface area contributed by atoms with Crippen molar-refractivity contribution in [3.05, 3.63) is 11.6 Å². The molecule has 116 valence electrons. The first kappa shape index (κ1) is 14.8. The fraction of sp³-hybridized carbons (Fsp3) is 0.583. The number of fused-ring (bicyclic) bond motifs is 1. The minimum atomic E-state index is -3.66. The number of imidazole rings is 1. The maximum atomic E-state index is 12.6. The summed E-state index contributed by atoms with van der Waals surface area (Å²) in [7, 11) is -0.373. The number of sulfonamides is 1. The quantitative estimate of drug-likeness (QED) is 0.833. The summed E-state index contributed by atoms with van der Waals surface area (Å²) >= 11 is 1.39. The first-order valence-corrected chi connectivity index (χ1v) is 9.06. The van der Waals surface area contributed by atoms with Crippen LogP contribution in [0.5, 0.6) is 0 Å². The molecular weight excluding hydrogens is 312 g/mol. The molecule has 0 aliphatic heterocycles. The van der Waals surface area contributed by atoms with E-state index in [1.165, 1.54) is 11.3 Å². The number of hydrogen-bond acceptors (Lipinski definition) is 6. The highest BCUT2D eigenvalue weighted by Gasteiger charge is 2.38. The predicted octanol–water partition coefficient (Wildman–Crippen LogP) is 1.28. The molecule has 0 saturated heterocycles. The van der Waals surface area contributed by atoms with Crippen molar-refractivity contribution in [1.82, 2.24) is 14.1 Å². The van der Waals surface area contributed by atoms with Crippen LogP contribution in [-0.4, -0.2) is 44.1 Å². The summed E-state index contributed by atoms with van der Waals surface area (Å²) in [6.07, 6.45) is 4.53. The van der Waals surface area contributed by atoms with Gasteiger partial charge < -0.3 is 10.1 Å². The number of nitrogens with one attached hydrogen (secondary N) is 2. The van der Waals surface area contributed by atoms with Crippen molar-refractivity contribution in [3.8, 4) is 0 Å². The Balaban J connectivity index is 1.91. The highest BCUT2D eigenvalue weighted by atomic mass is 32.2. The van der Waals surface area contributed by atoms with Crippen molar-refractivity contribution in [3.63, 3.8) is 0 Å². The van der Waals surface area contributed by atoms with Crippen LogP contribution in [-0.2, 0) is 14.8 Å².